The lowest BCUT2D eigenvalue weighted by atomic mass is 10.3. The van der Waals surface area contributed by atoms with Crippen LogP contribution in [0.4, 0.5) is 5.95 Å². The Kier molecular flexibility index (Phi) is 2.33. The Balaban J connectivity index is 2.21. The van der Waals surface area contributed by atoms with E-state index in [-0.39, 0.29) is 5.95 Å². The van der Waals surface area contributed by atoms with Gasteiger partial charge in [-0.05, 0) is 12.1 Å². The zero-order valence-electron chi connectivity index (χ0n) is 9.74. The molecule has 0 aliphatic rings. The number of fused-ring (bicyclic) bond motifs is 1. The van der Waals surface area contributed by atoms with Crippen LogP contribution in [-0.2, 0) is 0 Å². The fourth-order valence-electron chi connectivity index (χ4n) is 1.77. The first-order valence-electron chi connectivity index (χ1n) is 5.38. The highest BCUT2D eigenvalue weighted by atomic mass is 16.5. The second-order valence-electron chi connectivity index (χ2n) is 3.75. The van der Waals surface area contributed by atoms with Crippen LogP contribution in [0.1, 0.15) is 0 Å². The van der Waals surface area contributed by atoms with Crippen LogP contribution in [0, 0.1) is 0 Å². The molecule has 0 saturated carbocycles. The number of anilines is 1. The number of nitrogens with two attached hydrogens (primary N) is 1. The molecule has 3 rings (SSSR count). The van der Waals surface area contributed by atoms with E-state index in [4.69, 9.17) is 10.5 Å². The van der Waals surface area contributed by atoms with Crippen LogP contribution >= 0.6 is 0 Å². The predicted molar refractivity (Wildman–Crippen MR) is 67.6 cm³/mol. The summed E-state index contributed by atoms with van der Waals surface area (Å²) in [5.41, 5.74) is 7.89. The van der Waals surface area contributed by atoms with Gasteiger partial charge in [0.2, 0.25) is 5.95 Å². The molecule has 2 N–H and O–H groups in total. The molecule has 0 aliphatic heterocycles. The van der Waals surface area contributed by atoms with Gasteiger partial charge in [0, 0.05) is 6.07 Å². The zero-order valence-corrected chi connectivity index (χ0v) is 9.74. The molecule has 0 amide bonds. The third kappa shape index (κ3) is 1.64. The van der Waals surface area contributed by atoms with Gasteiger partial charge in [0.25, 0.3) is 0 Å². The van der Waals surface area contributed by atoms with Crippen molar-refractivity contribution in [2.75, 3.05) is 12.8 Å². The minimum absolute atomic E-state index is 0.229. The fourth-order valence-corrected chi connectivity index (χ4v) is 1.77. The Hall–Kier alpha value is -2.63. The largest absolute Gasteiger partial charge is 0.497 e. The molecule has 0 spiro atoms. The number of aromatic nitrogens is 4. The summed E-state index contributed by atoms with van der Waals surface area (Å²) in [6.07, 6.45) is 3.29. The van der Waals surface area contributed by atoms with Crippen LogP contribution in [0.3, 0.4) is 0 Å². The van der Waals surface area contributed by atoms with E-state index >= 15 is 0 Å². The Morgan fingerprint density at radius 1 is 1.28 bits per heavy atom. The summed E-state index contributed by atoms with van der Waals surface area (Å²) in [6.45, 7) is 0. The number of ether oxygens (including phenoxy) is 1. The molecular formula is C12H11N5O. The summed E-state index contributed by atoms with van der Waals surface area (Å²) in [6, 6.07) is 7.64. The van der Waals surface area contributed by atoms with Gasteiger partial charge in [0.1, 0.15) is 17.6 Å². The highest BCUT2D eigenvalue weighted by Gasteiger charge is 2.07. The number of rotatable bonds is 2. The SMILES string of the molecule is COc1cccc(-n2cnc3cnc(N)nc32)c1. The Bertz CT molecular complexity index is 707. The number of benzene rings is 1. The quantitative estimate of drug-likeness (QED) is 0.733. The first-order valence-corrected chi connectivity index (χ1v) is 5.38. The van der Waals surface area contributed by atoms with Crippen LogP contribution in [0.5, 0.6) is 5.75 Å². The van der Waals surface area contributed by atoms with Gasteiger partial charge in [-0.1, -0.05) is 6.07 Å². The Labute approximate surface area is 103 Å². The predicted octanol–water partition coefficient (Wildman–Crippen LogP) is 1.41. The van der Waals surface area contributed by atoms with E-state index < -0.39 is 0 Å². The second kappa shape index (κ2) is 3.99. The minimum atomic E-state index is 0.229. The number of hydrogen-bond donors (Lipinski definition) is 1. The van der Waals surface area contributed by atoms with Crippen molar-refractivity contribution in [1.82, 2.24) is 19.5 Å². The van der Waals surface area contributed by atoms with Crippen LogP contribution < -0.4 is 10.5 Å². The van der Waals surface area contributed by atoms with E-state index in [1.54, 1.807) is 19.6 Å². The fraction of sp³-hybridized carbons (Fsp3) is 0.0833. The smallest absolute Gasteiger partial charge is 0.222 e. The van der Waals surface area contributed by atoms with Crippen molar-refractivity contribution in [3.8, 4) is 11.4 Å². The van der Waals surface area contributed by atoms with E-state index in [0.717, 1.165) is 11.4 Å². The molecule has 1 aromatic carbocycles. The summed E-state index contributed by atoms with van der Waals surface area (Å²) in [7, 11) is 1.63. The third-order valence-corrected chi connectivity index (χ3v) is 2.64. The monoisotopic (exact) mass is 241 g/mol. The number of nitrogen functional groups attached to an aromatic ring is 1. The summed E-state index contributed by atoms with van der Waals surface area (Å²) in [4.78, 5) is 12.3. The van der Waals surface area contributed by atoms with Gasteiger partial charge in [-0.2, -0.15) is 4.98 Å². The molecule has 0 atom stereocenters. The van der Waals surface area contributed by atoms with E-state index in [9.17, 15) is 0 Å². The summed E-state index contributed by atoms with van der Waals surface area (Å²) >= 11 is 0. The van der Waals surface area contributed by atoms with Crippen LogP contribution in [0.15, 0.2) is 36.8 Å². The molecule has 0 saturated heterocycles. The van der Waals surface area contributed by atoms with Gasteiger partial charge < -0.3 is 10.5 Å². The van der Waals surface area contributed by atoms with Crippen LogP contribution in [0.2, 0.25) is 0 Å². The van der Waals surface area contributed by atoms with Gasteiger partial charge in [-0.25, -0.2) is 9.97 Å². The maximum atomic E-state index is 5.60. The molecule has 0 unspecified atom stereocenters. The average Bonchev–Trinajstić information content (AvgIpc) is 2.81. The Morgan fingerprint density at radius 2 is 2.17 bits per heavy atom. The topological polar surface area (TPSA) is 78.8 Å². The molecule has 0 fully saturated rings. The second-order valence-corrected chi connectivity index (χ2v) is 3.75. The molecule has 6 nitrogen and oxygen atoms in total. The van der Waals surface area contributed by atoms with Crippen molar-refractivity contribution in [2.24, 2.45) is 0 Å². The maximum absolute atomic E-state index is 5.60. The van der Waals surface area contributed by atoms with Crippen molar-refractivity contribution in [1.29, 1.82) is 0 Å². The highest BCUT2D eigenvalue weighted by Crippen LogP contribution is 2.20. The number of hydrogen-bond acceptors (Lipinski definition) is 5. The summed E-state index contributed by atoms with van der Waals surface area (Å²) in [5.74, 6) is 1.00. The first kappa shape index (κ1) is 10.5. The molecular weight excluding hydrogens is 230 g/mol. The van der Waals surface area contributed by atoms with Crippen molar-refractivity contribution in [3.05, 3.63) is 36.8 Å². The van der Waals surface area contributed by atoms with Crippen molar-refractivity contribution >= 4 is 17.1 Å². The molecule has 0 radical (unpaired) electrons. The van der Waals surface area contributed by atoms with E-state index in [1.165, 1.54) is 0 Å². The van der Waals surface area contributed by atoms with E-state index in [2.05, 4.69) is 15.0 Å². The lowest BCUT2D eigenvalue weighted by molar-refractivity contribution is 0.414. The lowest BCUT2D eigenvalue weighted by Gasteiger charge is -2.05. The third-order valence-electron chi connectivity index (χ3n) is 2.64. The molecule has 2 aromatic heterocycles. The van der Waals surface area contributed by atoms with E-state index in [1.807, 2.05) is 28.8 Å². The summed E-state index contributed by atoms with van der Waals surface area (Å²) < 4.78 is 7.04. The molecule has 0 aliphatic carbocycles. The zero-order chi connectivity index (χ0) is 12.5. The van der Waals surface area contributed by atoms with Gasteiger partial charge in [0.05, 0.1) is 19.0 Å². The lowest BCUT2D eigenvalue weighted by Crippen LogP contribution is -1.98. The molecule has 2 heterocycles. The maximum Gasteiger partial charge on any atom is 0.222 e. The minimum Gasteiger partial charge on any atom is -0.497 e. The average molecular weight is 241 g/mol. The van der Waals surface area contributed by atoms with E-state index in [0.29, 0.717) is 11.2 Å². The Morgan fingerprint density at radius 3 is 3.00 bits per heavy atom. The molecule has 18 heavy (non-hydrogen) atoms. The summed E-state index contributed by atoms with van der Waals surface area (Å²) in [5, 5.41) is 0. The van der Waals surface area contributed by atoms with Crippen molar-refractivity contribution < 1.29 is 4.74 Å². The normalized spacial score (nSPS) is 10.7. The van der Waals surface area contributed by atoms with Gasteiger partial charge in [0.15, 0.2) is 5.65 Å². The molecule has 6 heteroatoms. The van der Waals surface area contributed by atoms with Crippen molar-refractivity contribution in [2.45, 2.75) is 0 Å². The van der Waals surface area contributed by atoms with Gasteiger partial charge >= 0.3 is 0 Å². The van der Waals surface area contributed by atoms with Crippen molar-refractivity contribution in [3.63, 3.8) is 0 Å². The number of methoxy groups -OCH3 is 1. The standard InChI is InChI=1S/C12H11N5O/c1-18-9-4-2-3-8(5-9)17-7-15-10-6-14-12(13)16-11(10)17/h2-7H,1H3,(H2,13,14,16). The van der Waals surface area contributed by atoms with Crippen LogP contribution in [-0.4, -0.2) is 26.6 Å². The highest BCUT2D eigenvalue weighted by molar-refractivity contribution is 5.73. The number of imidazole rings is 1. The first-order chi connectivity index (χ1) is 8.78. The van der Waals surface area contributed by atoms with Gasteiger partial charge in [-0.15, -0.1) is 0 Å². The van der Waals surface area contributed by atoms with Crippen LogP contribution in [0.25, 0.3) is 16.9 Å². The number of nitrogens with zero attached hydrogens (tertiary/aromatic N) is 4. The van der Waals surface area contributed by atoms with Gasteiger partial charge in [-0.3, -0.25) is 4.57 Å². The molecule has 0 bridgehead atoms. The molecule has 90 valence electrons. The molecule has 3 aromatic rings.